The van der Waals surface area contributed by atoms with Gasteiger partial charge in [-0.05, 0) is 36.8 Å². The third-order valence-corrected chi connectivity index (χ3v) is 7.28. The van der Waals surface area contributed by atoms with E-state index in [1.807, 2.05) is 0 Å². The Kier molecular flexibility index (Phi) is 21.5. The van der Waals surface area contributed by atoms with E-state index in [9.17, 15) is 0 Å². The molecule has 0 bridgehead atoms. The summed E-state index contributed by atoms with van der Waals surface area (Å²) in [5, 5.41) is 0. The van der Waals surface area contributed by atoms with Crippen molar-refractivity contribution in [2.24, 2.45) is 0 Å². The second-order valence-corrected chi connectivity index (χ2v) is 10.4. The van der Waals surface area contributed by atoms with Gasteiger partial charge in [0.15, 0.2) is 0 Å². The molecule has 1 aromatic heterocycles. The molecule has 0 amide bonds. The topological polar surface area (TPSA) is 15.8 Å². The Morgan fingerprint density at radius 2 is 0.625 bits per heavy atom. The summed E-state index contributed by atoms with van der Waals surface area (Å²) in [5.41, 5.74) is 3.20. The minimum Gasteiger partial charge on any atom is -0.367 e. The van der Waals surface area contributed by atoms with Crippen molar-refractivity contribution in [3.05, 3.63) is 23.5 Å². The Bertz CT molecular complexity index is 475. The minimum absolute atomic E-state index is 1.28. The van der Waals surface area contributed by atoms with E-state index >= 15 is 0 Å². The lowest BCUT2D eigenvalue weighted by Crippen LogP contribution is -1.92. The van der Waals surface area contributed by atoms with Crippen LogP contribution in [0.25, 0.3) is 0 Å². The Morgan fingerprint density at radius 3 is 0.906 bits per heavy atom. The first-order chi connectivity index (χ1) is 15.9. The molecule has 0 fully saturated rings. The van der Waals surface area contributed by atoms with Crippen molar-refractivity contribution in [2.75, 3.05) is 0 Å². The van der Waals surface area contributed by atoms with Gasteiger partial charge in [0.2, 0.25) is 0 Å². The number of nitrogens with one attached hydrogen (secondary N) is 1. The Balaban J connectivity index is 1.88. The summed E-state index contributed by atoms with van der Waals surface area (Å²) in [6, 6.07) is 0. The van der Waals surface area contributed by atoms with E-state index in [1.54, 1.807) is 11.1 Å². The molecule has 0 saturated carbocycles. The highest BCUT2D eigenvalue weighted by Crippen LogP contribution is 2.18. The van der Waals surface area contributed by atoms with Crippen LogP contribution in [0.5, 0.6) is 0 Å². The molecule has 1 aromatic rings. The molecular formula is C31H59N. The first kappa shape index (κ1) is 29.3. The van der Waals surface area contributed by atoms with Crippen LogP contribution >= 0.6 is 0 Å². The van der Waals surface area contributed by atoms with Gasteiger partial charge in [-0.2, -0.15) is 0 Å². The van der Waals surface area contributed by atoms with E-state index < -0.39 is 0 Å². The van der Waals surface area contributed by atoms with Crippen LogP contribution in [-0.4, -0.2) is 4.98 Å². The zero-order valence-corrected chi connectivity index (χ0v) is 22.3. The summed E-state index contributed by atoms with van der Waals surface area (Å²) in [4.78, 5) is 3.38. The molecule has 0 saturated heterocycles. The maximum atomic E-state index is 3.38. The molecule has 1 heterocycles. The number of unbranched alkanes of at least 4 members (excludes halogenated alkanes) is 21. The number of hydrogen-bond acceptors (Lipinski definition) is 0. The molecule has 0 atom stereocenters. The van der Waals surface area contributed by atoms with Gasteiger partial charge in [-0.1, -0.05) is 149 Å². The molecule has 0 unspecified atom stereocenters. The largest absolute Gasteiger partial charge is 0.367 e. The molecule has 0 aromatic carbocycles. The van der Waals surface area contributed by atoms with Crippen molar-refractivity contribution in [1.29, 1.82) is 0 Å². The predicted octanol–water partition coefficient (Wildman–Crippen LogP) is 11.1. The van der Waals surface area contributed by atoms with E-state index in [4.69, 9.17) is 0 Å². The molecule has 188 valence electrons. The van der Waals surface area contributed by atoms with Gasteiger partial charge in [-0.25, -0.2) is 0 Å². The molecule has 0 aliphatic heterocycles. The summed E-state index contributed by atoms with van der Waals surface area (Å²) >= 11 is 0. The fourth-order valence-electron chi connectivity index (χ4n) is 5.03. The lowest BCUT2D eigenvalue weighted by Gasteiger charge is -2.06. The number of aryl methyl sites for hydroxylation is 2. The van der Waals surface area contributed by atoms with Crippen molar-refractivity contribution >= 4 is 0 Å². The first-order valence-corrected chi connectivity index (χ1v) is 15.0. The minimum atomic E-state index is 1.28. The molecule has 0 aliphatic rings. The molecule has 1 rings (SSSR count). The summed E-state index contributed by atoms with van der Waals surface area (Å²) in [6.45, 7) is 4.60. The molecule has 1 nitrogen and oxygen atoms in total. The van der Waals surface area contributed by atoms with Crippen molar-refractivity contribution in [3.8, 4) is 0 Å². The molecule has 1 N–H and O–H groups in total. The SMILES string of the molecule is CCCCCCCCCCCCCCCCc1c[nH]cc1CCCCCCCCCCC. The third kappa shape index (κ3) is 17.8. The second-order valence-electron chi connectivity index (χ2n) is 10.4. The number of rotatable bonds is 25. The fraction of sp³-hybridized carbons (Fsp3) is 0.871. The highest BCUT2D eigenvalue weighted by atomic mass is 14.6. The standard InChI is InChI=1S/C31H59N/c1-3-5-7-9-11-13-14-15-16-17-19-21-23-25-27-31-29-32-28-30(31)26-24-22-20-18-12-10-8-6-4-2/h28-29,32H,3-27H2,1-2H3. The number of aromatic amines is 1. The second kappa shape index (κ2) is 23.4. The average molecular weight is 446 g/mol. The highest BCUT2D eigenvalue weighted by molar-refractivity contribution is 5.23. The number of hydrogen-bond donors (Lipinski definition) is 1. The van der Waals surface area contributed by atoms with Gasteiger partial charge >= 0.3 is 0 Å². The normalized spacial score (nSPS) is 11.4. The van der Waals surface area contributed by atoms with Gasteiger partial charge in [-0.15, -0.1) is 0 Å². The van der Waals surface area contributed by atoms with Gasteiger partial charge in [0, 0.05) is 12.4 Å². The Morgan fingerprint density at radius 1 is 0.375 bits per heavy atom. The van der Waals surface area contributed by atoms with Crippen molar-refractivity contribution in [1.82, 2.24) is 4.98 Å². The van der Waals surface area contributed by atoms with Crippen LogP contribution in [0.15, 0.2) is 12.4 Å². The summed E-state index contributed by atoms with van der Waals surface area (Å²) in [7, 11) is 0. The molecule has 1 heteroatoms. The lowest BCUT2D eigenvalue weighted by atomic mass is 10.00. The van der Waals surface area contributed by atoms with Crippen molar-refractivity contribution in [2.45, 2.75) is 174 Å². The summed E-state index contributed by atoms with van der Waals surface area (Å²) in [6.07, 6.45) is 40.2. The maximum absolute atomic E-state index is 3.38. The molecular weight excluding hydrogens is 386 g/mol. The van der Waals surface area contributed by atoms with E-state index in [0.29, 0.717) is 0 Å². The number of H-pyrrole nitrogens is 1. The monoisotopic (exact) mass is 445 g/mol. The van der Waals surface area contributed by atoms with Crippen LogP contribution in [0.2, 0.25) is 0 Å². The van der Waals surface area contributed by atoms with E-state index in [0.717, 1.165) is 0 Å². The molecule has 0 radical (unpaired) electrons. The Hall–Kier alpha value is -0.720. The number of aromatic nitrogens is 1. The zero-order chi connectivity index (χ0) is 23.0. The van der Waals surface area contributed by atoms with Gasteiger partial charge in [0.1, 0.15) is 0 Å². The van der Waals surface area contributed by atoms with Gasteiger partial charge in [0.05, 0.1) is 0 Å². The summed E-state index contributed by atoms with van der Waals surface area (Å²) in [5.74, 6) is 0. The predicted molar refractivity (Wildman–Crippen MR) is 146 cm³/mol. The van der Waals surface area contributed by atoms with Crippen LogP contribution in [0.4, 0.5) is 0 Å². The maximum Gasteiger partial charge on any atom is 0.00401 e. The Labute approximate surface area is 202 Å². The van der Waals surface area contributed by atoms with Gasteiger partial charge in [-0.3, -0.25) is 0 Å². The van der Waals surface area contributed by atoms with Crippen molar-refractivity contribution in [3.63, 3.8) is 0 Å². The molecule has 32 heavy (non-hydrogen) atoms. The third-order valence-electron chi connectivity index (χ3n) is 7.28. The van der Waals surface area contributed by atoms with Crippen LogP contribution in [0.1, 0.15) is 173 Å². The van der Waals surface area contributed by atoms with Gasteiger partial charge in [0.25, 0.3) is 0 Å². The lowest BCUT2D eigenvalue weighted by molar-refractivity contribution is 0.535. The van der Waals surface area contributed by atoms with E-state index in [2.05, 4.69) is 31.2 Å². The van der Waals surface area contributed by atoms with Crippen LogP contribution in [0, 0.1) is 0 Å². The van der Waals surface area contributed by atoms with E-state index in [1.165, 1.54) is 161 Å². The van der Waals surface area contributed by atoms with Crippen molar-refractivity contribution < 1.29 is 0 Å². The van der Waals surface area contributed by atoms with Crippen LogP contribution in [0.3, 0.4) is 0 Å². The van der Waals surface area contributed by atoms with Gasteiger partial charge < -0.3 is 4.98 Å². The summed E-state index contributed by atoms with van der Waals surface area (Å²) < 4.78 is 0. The zero-order valence-electron chi connectivity index (χ0n) is 22.3. The van der Waals surface area contributed by atoms with Crippen LogP contribution in [-0.2, 0) is 12.8 Å². The smallest absolute Gasteiger partial charge is 0.00401 e. The molecule has 0 aliphatic carbocycles. The first-order valence-electron chi connectivity index (χ1n) is 15.0. The molecule has 0 spiro atoms. The van der Waals surface area contributed by atoms with Crippen LogP contribution < -0.4 is 0 Å². The van der Waals surface area contributed by atoms with E-state index in [-0.39, 0.29) is 0 Å². The average Bonchev–Trinajstić information content (AvgIpc) is 3.25. The fourth-order valence-corrected chi connectivity index (χ4v) is 5.03. The quantitative estimate of drug-likeness (QED) is 0.144. The highest BCUT2D eigenvalue weighted by Gasteiger charge is 2.04.